The number of nitrogens with zero attached hydrogens (tertiary/aromatic N) is 2. The quantitative estimate of drug-likeness (QED) is 0.734. The van der Waals surface area contributed by atoms with Gasteiger partial charge in [-0.3, -0.25) is 9.36 Å². The Bertz CT molecular complexity index is 677. The van der Waals surface area contributed by atoms with E-state index in [4.69, 9.17) is 0 Å². The van der Waals surface area contributed by atoms with Crippen molar-refractivity contribution < 1.29 is 13.2 Å². The molecule has 0 N–H and O–H groups in total. The Morgan fingerprint density at radius 2 is 1.85 bits per heavy atom. The van der Waals surface area contributed by atoms with Crippen LogP contribution in [-0.2, 0) is 12.7 Å². The number of aromatic nitrogens is 2. The van der Waals surface area contributed by atoms with Crippen LogP contribution < -0.4 is 5.56 Å². The molecular weight excluding hydrogens is 384 g/mol. The summed E-state index contributed by atoms with van der Waals surface area (Å²) in [4.78, 5) is 16.0. The lowest BCUT2D eigenvalue weighted by molar-refractivity contribution is -0.137. The first kappa shape index (κ1) is 15.0. The van der Waals surface area contributed by atoms with E-state index in [1.165, 1.54) is 22.9 Å². The average Bonchev–Trinajstić information content (AvgIpc) is 2.39. The van der Waals surface area contributed by atoms with Gasteiger partial charge in [-0.2, -0.15) is 13.2 Å². The van der Waals surface area contributed by atoms with Crippen LogP contribution in [0, 0.1) is 10.5 Å². The number of hydrogen-bond acceptors (Lipinski definition) is 2. The molecule has 0 aliphatic rings. The minimum atomic E-state index is -4.35. The van der Waals surface area contributed by atoms with Crippen molar-refractivity contribution in [1.82, 2.24) is 9.55 Å². The maximum atomic E-state index is 12.5. The van der Waals surface area contributed by atoms with E-state index in [0.717, 1.165) is 12.1 Å². The third kappa shape index (κ3) is 3.20. The van der Waals surface area contributed by atoms with Crippen LogP contribution in [0.2, 0.25) is 0 Å². The molecule has 0 aliphatic heterocycles. The fourth-order valence-electron chi connectivity index (χ4n) is 1.72. The maximum Gasteiger partial charge on any atom is 0.416 e. The summed E-state index contributed by atoms with van der Waals surface area (Å²) in [5, 5.41) is 0. The Morgan fingerprint density at radius 3 is 2.40 bits per heavy atom. The minimum absolute atomic E-state index is 0.196. The van der Waals surface area contributed by atoms with Crippen molar-refractivity contribution >= 4 is 22.6 Å². The number of hydrogen-bond donors (Lipinski definition) is 0. The molecule has 0 bridgehead atoms. The van der Waals surface area contributed by atoms with Gasteiger partial charge in [0.2, 0.25) is 0 Å². The highest BCUT2D eigenvalue weighted by molar-refractivity contribution is 14.1. The number of aryl methyl sites for hydroxylation is 1. The summed E-state index contributed by atoms with van der Waals surface area (Å²) in [7, 11) is 0. The van der Waals surface area contributed by atoms with E-state index in [-0.39, 0.29) is 12.1 Å². The van der Waals surface area contributed by atoms with Gasteiger partial charge >= 0.3 is 6.18 Å². The Hall–Kier alpha value is -1.38. The highest BCUT2D eigenvalue weighted by Gasteiger charge is 2.29. The zero-order chi connectivity index (χ0) is 14.9. The topological polar surface area (TPSA) is 34.9 Å². The maximum absolute atomic E-state index is 12.5. The molecule has 1 aromatic heterocycles. The van der Waals surface area contributed by atoms with Crippen LogP contribution in [0.3, 0.4) is 0 Å². The number of rotatable bonds is 2. The first-order valence-electron chi connectivity index (χ1n) is 5.67. The van der Waals surface area contributed by atoms with Gasteiger partial charge in [-0.05, 0) is 47.2 Å². The summed E-state index contributed by atoms with van der Waals surface area (Å²) in [5.41, 5.74) is -0.281. The monoisotopic (exact) mass is 394 g/mol. The Balaban J connectivity index is 2.32. The first-order valence-corrected chi connectivity index (χ1v) is 6.75. The van der Waals surface area contributed by atoms with E-state index < -0.39 is 11.7 Å². The molecule has 2 rings (SSSR count). The SMILES string of the molecule is Cc1ncc(I)c(=O)n1Cc1ccc(C(F)(F)F)cc1. The minimum Gasteiger partial charge on any atom is -0.292 e. The third-order valence-electron chi connectivity index (χ3n) is 2.83. The van der Waals surface area contributed by atoms with E-state index in [0.29, 0.717) is 15.0 Å². The highest BCUT2D eigenvalue weighted by Crippen LogP contribution is 2.29. The molecule has 1 aromatic carbocycles. The van der Waals surface area contributed by atoms with Crippen LogP contribution >= 0.6 is 22.6 Å². The second-order valence-corrected chi connectivity index (χ2v) is 5.40. The van der Waals surface area contributed by atoms with E-state index in [9.17, 15) is 18.0 Å². The molecule has 20 heavy (non-hydrogen) atoms. The van der Waals surface area contributed by atoms with Crippen molar-refractivity contribution in [2.45, 2.75) is 19.6 Å². The van der Waals surface area contributed by atoms with Gasteiger partial charge in [0.1, 0.15) is 5.82 Å². The van der Waals surface area contributed by atoms with E-state index in [1.807, 2.05) is 22.6 Å². The van der Waals surface area contributed by atoms with Gasteiger partial charge in [-0.25, -0.2) is 4.98 Å². The van der Waals surface area contributed by atoms with Gasteiger partial charge in [-0.15, -0.1) is 0 Å². The Labute approximate surface area is 126 Å². The van der Waals surface area contributed by atoms with Gasteiger partial charge in [0.15, 0.2) is 0 Å². The van der Waals surface area contributed by atoms with Gasteiger partial charge in [0.25, 0.3) is 5.56 Å². The van der Waals surface area contributed by atoms with Crippen molar-refractivity contribution in [1.29, 1.82) is 0 Å². The average molecular weight is 394 g/mol. The van der Waals surface area contributed by atoms with Crippen LogP contribution in [0.4, 0.5) is 13.2 Å². The zero-order valence-corrected chi connectivity index (χ0v) is 12.6. The summed E-state index contributed by atoms with van der Waals surface area (Å²) in [6.45, 7) is 1.88. The van der Waals surface area contributed by atoms with Gasteiger partial charge < -0.3 is 0 Å². The van der Waals surface area contributed by atoms with Crippen LogP contribution in [0.15, 0.2) is 35.3 Å². The molecule has 3 nitrogen and oxygen atoms in total. The van der Waals surface area contributed by atoms with Gasteiger partial charge in [0.05, 0.1) is 15.7 Å². The summed E-state index contributed by atoms with van der Waals surface area (Å²) in [6, 6.07) is 4.76. The van der Waals surface area contributed by atoms with Crippen LogP contribution in [0.1, 0.15) is 17.0 Å². The van der Waals surface area contributed by atoms with Crippen molar-refractivity contribution in [3.63, 3.8) is 0 Å². The lowest BCUT2D eigenvalue weighted by atomic mass is 10.1. The molecule has 2 aromatic rings. The summed E-state index contributed by atoms with van der Waals surface area (Å²) >= 11 is 1.88. The largest absolute Gasteiger partial charge is 0.416 e. The van der Waals surface area contributed by atoms with E-state index in [2.05, 4.69) is 4.98 Å². The molecule has 0 atom stereocenters. The first-order chi connectivity index (χ1) is 9.29. The molecule has 0 fully saturated rings. The normalized spacial score (nSPS) is 11.7. The molecule has 0 saturated carbocycles. The van der Waals surface area contributed by atoms with Crippen LogP contribution in [0.25, 0.3) is 0 Å². The number of halogens is 4. The van der Waals surface area contributed by atoms with E-state index >= 15 is 0 Å². The summed E-state index contributed by atoms with van der Waals surface area (Å²) < 4.78 is 39.3. The van der Waals surface area contributed by atoms with Crippen LogP contribution in [0.5, 0.6) is 0 Å². The van der Waals surface area contributed by atoms with E-state index in [1.54, 1.807) is 6.92 Å². The smallest absolute Gasteiger partial charge is 0.292 e. The fourth-order valence-corrected chi connectivity index (χ4v) is 2.15. The predicted molar refractivity (Wildman–Crippen MR) is 76.5 cm³/mol. The lowest BCUT2D eigenvalue weighted by Crippen LogP contribution is -2.26. The summed E-state index contributed by atoms with van der Waals surface area (Å²) in [5.74, 6) is 0.523. The number of benzene rings is 1. The zero-order valence-electron chi connectivity index (χ0n) is 10.4. The predicted octanol–water partition coefficient (Wildman–Crippen LogP) is 3.22. The molecule has 0 spiro atoms. The highest BCUT2D eigenvalue weighted by atomic mass is 127. The molecule has 0 radical (unpaired) electrons. The van der Waals surface area contributed by atoms with Crippen molar-refractivity contribution in [3.8, 4) is 0 Å². The van der Waals surface area contributed by atoms with Crippen molar-refractivity contribution in [3.05, 3.63) is 61.3 Å². The second kappa shape index (κ2) is 5.55. The Kier molecular flexibility index (Phi) is 4.17. The van der Waals surface area contributed by atoms with Gasteiger partial charge in [-0.1, -0.05) is 12.1 Å². The molecule has 106 valence electrons. The van der Waals surface area contributed by atoms with Crippen molar-refractivity contribution in [2.75, 3.05) is 0 Å². The molecule has 0 unspecified atom stereocenters. The molecule has 0 aliphatic carbocycles. The number of alkyl halides is 3. The third-order valence-corrected chi connectivity index (χ3v) is 3.57. The molecule has 0 saturated heterocycles. The molecule has 7 heteroatoms. The summed E-state index contributed by atoms with van der Waals surface area (Å²) in [6.07, 6.45) is -2.88. The molecular formula is C13H10F3IN2O. The lowest BCUT2D eigenvalue weighted by Gasteiger charge is -2.11. The molecule has 1 heterocycles. The standard InChI is InChI=1S/C13H10F3IN2O/c1-8-18-6-11(17)12(20)19(8)7-9-2-4-10(5-3-9)13(14,15)16/h2-6H,7H2,1H3. The van der Waals surface area contributed by atoms with Crippen LogP contribution in [-0.4, -0.2) is 9.55 Å². The second-order valence-electron chi connectivity index (χ2n) is 4.24. The molecule has 0 amide bonds. The Morgan fingerprint density at radius 1 is 1.25 bits per heavy atom. The van der Waals surface area contributed by atoms with Gasteiger partial charge in [0, 0.05) is 6.20 Å². The van der Waals surface area contributed by atoms with Crippen molar-refractivity contribution in [2.24, 2.45) is 0 Å². The fraction of sp³-hybridized carbons (Fsp3) is 0.231.